The van der Waals surface area contributed by atoms with E-state index in [4.69, 9.17) is 4.74 Å². The molecule has 6 heteroatoms. The molecule has 1 atom stereocenters. The summed E-state index contributed by atoms with van der Waals surface area (Å²) in [5.74, 6) is -1.22. The summed E-state index contributed by atoms with van der Waals surface area (Å²) in [6.45, 7) is 6.20. The van der Waals surface area contributed by atoms with Gasteiger partial charge in [-0.25, -0.2) is 9.79 Å². The maximum Gasteiger partial charge on any atom is 0.380 e. The van der Waals surface area contributed by atoms with Gasteiger partial charge in [-0.15, -0.1) is 0 Å². The quantitative estimate of drug-likeness (QED) is 0.157. The minimum absolute atomic E-state index is 0.163. The predicted octanol–water partition coefficient (Wildman–Crippen LogP) is 1.08. The Bertz CT molecular complexity index is 340. The van der Waals surface area contributed by atoms with Gasteiger partial charge in [-0.05, 0) is 26.1 Å². The zero-order chi connectivity index (χ0) is 14.0. The summed E-state index contributed by atoms with van der Waals surface area (Å²) in [4.78, 5) is 26.8. The summed E-state index contributed by atoms with van der Waals surface area (Å²) in [7, 11) is 1.94. The lowest BCUT2D eigenvalue weighted by Gasteiger charge is -2.32. The fourth-order valence-electron chi connectivity index (χ4n) is 1.55. The molecule has 0 saturated heterocycles. The van der Waals surface area contributed by atoms with Crippen LogP contribution in [0.25, 0.3) is 0 Å². The standard InChI is InChI=1S/C12H21N2O3S/c1-4-14(3,8-6-7-13-10-18)9-11(15)12(16)17-5-2/h4-9H2,1-3H3/q+1. The Morgan fingerprint density at radius 2 is 2.06 bits per heavy atom. The SMILES string of the molecule is CCOC(=O)C(=O)C[N+](C)(CC)CCCN=C=S. The Hall–Kier alpha value is -1.10. The first-order valence-corrected chi connectivity index (χ1v) is 6.47. The molecule has 0 aliphatic heterocycles. The third-order valence-corrected chi connectivity index (χ3v) is 2.95. The maximum atomic E-state index is 11.7. The van der Waals surface area contributed by atoms with Crippen LogP contribution in [0.4, 0.5) is 0 Å². The van der Waals surface area contributed by atoms with E-state index >= 15 is 0 Å². The van der Waals surface area contributed by atoms with Gasteiger partial charge in [0.05, 0.1) is 38.5 Å². The molecule has 0 saturated carbocycles. The largest absolute Gasteiger partial charge is 0.460 e. The molecule has 0 aliphatic rings. The van der Waals surface area contributed by atoms with Crippen molar-refractivity contribution in [1.82, 2.24) is 0 Å². The number of rotatable bonds is 9. The van der Waals surface area contributed by atoms with Crippen LogP contribution in [0.3, 0.4) is 0 Å². The second-order valence-corrected chi connectivity index (χ2v) is 4.47. The van der Waals surface area contributed by atoms with E-state index in [0.29, 0.717) is 11.0 Å². The molecule has 0 N–H and O–H groups in total. The maximum absolute atomic E-state index is 11.7. The lowest BCUT2D eigenvalue weighted by atomic mass is 10.2. The zero-order valence-corrected chi connectivity index (χ0v) is 12.1. The van der Waals surface area contributed by atoms with Crippen LogP contribution in [0.1, 0.15) is 20.3 Å². The molecular weight excluding hydrogens is 252 g/mol. The fraction of sp³-hybridized carbons (Fsp3) is 0.750. The number of likely N-dealkylation sites (N-methyl/N-ethyl adjacent to an activating group) is 1. The number of aliphatic imine (C=N–C) groups is 1. The summed E-state index contributed by atoms with van der Waals surface area (Å²) >= 11 is 4.48. The highest BCUT2D eigenvalue weighted by Crippen LogP contribution is 2.05. The molecule has 0 aromatic rings. The van der Waals surface area contributed by atoms with Gasteiger partial charge in [-0.2, -0.15) is 0 Å². The van der Waals surface area contributed by atoms with Gasteiger partial charge in [0.1, 0.15) is 6.54 Å². The van der Waals surface area contributed by atoms with E-state index in [2.05, 4.69) is 22.4 Å². The van der Waals surface area contributed by atoms with Crippen LogP contribution in [0.2, 0.25) is 0 Å². The molecule has 0 heterocycles. The topological polar surface area (TPSA) is 55.7 Å². The van der Waals surface area contributed by atoms with Crippen LogP contribution in [0.15, 0.2) is 4.99 Å². The smallest absolute Gasteiger partial charge is 0.380 e. The van der Waals surface area contributed by atoms with E-state index in [-0.39, 0.29) is 13.2 Å². The average molecular weight is 273 g/mol. The Labute approximate surface area is 113 Å². The minimum atomic E-state index is -0.743. The monoisotopic (exact) mass is 273 g/mol. The number of nitrogens with zero attached hydrogens (tertiary/aromatic N) is 2. The van der Waals surface area contributed by atoms with Crippen molar-refractivity contribution in [2.75, 3.05) is 39.8 Å². The van der Waals surface area contributed by atoms with Crippen LogP contribution in [0, 0.1) is 0 Å². The van der Waals surface area contributed by atoms with Crippen molar-refractivity contribution in [2.45, 2.75) is 20.3 Å². The molecule has 0 fully saturated rings. The Kier molecular flexibility index (Phi) is 8.37. The van der Waals surface area contributed by atoms with E-state index in [9.17, 15) is 9.59 Å². The third kappa shape index (κ3) is 6.59. The molecule has 0 amide bonds. The fourth-order valence-corrected chi connectivity index (χ4v) is 1.64. The number of isothiocyanates is 1. The number of ether oxygens (including phenoxy) is 1. The molecule has 0 aromatic heterocycles. The molecule has 0 rings (SSSR count). The van der Waals surface area contributed by atoms with E-state index in [1.54, 1.807) is 6.92 Å². The average Bonchev–Trinajstić information content (AvgIpc) is 2.35. The molecule has 0 spiro atoms. The summed E-state index contributed by atoms with van der Waals surface area (Å²) in [6.07, 6.45) is 0.810. The van der Waals surface area contributed by atoms with Crippen LogP contribution in [-0.4, -0.2) is 61.2 Å². The molecule has 5 nitrogen and oxygen atoms in total. The number of Topliss-reactive ketones (excluding diaryl/α,β-unsaturated/α-hetero) is 1. The molecule has 0 bridgehead atoms. The van der Waals surface area contributed by atoms with Crippen LogP contribution < -0.4 is 0 Å². The molecule has 0 radical (unpaired) electrons. The van der Waals surface area contributed by atoms with Crippen molar-refractivity contribution in [2.24, 2.45) is 4.99 Å². The number of ketones is 1. The molecule has 18 heavy (non-hydrogen) atoms. The van der Waals surface area contributed by atoms with Gasteiger partial charge in [0.15, 0.2) is 0 Å². The number of carbonyl (C=O) groups excluding carboxylic acids is 2. The van der Waals surface area contributed by atoms with Crippen molar-refractivity contribution in [3.8, 4) is 0 Å². The van der Waals surface area contributed by atoms with Gasteiger partial charge < -0.3 is 9.22 Å². The van der Waals surface area contributed by atoms with Gasteiger partial charge >= 0.3 is 5.97 Å². The Morgan fingerprint density at radius 1 is 1.39 bits per heavy atom. The third-order valence-electron chi connectivity index (χ3n) is 2.82. The van der Waals surface area contributed by atoms with Crippen LogP contribution in [0.5, 0.6) is 0 Å². The van der Waals surface area contributed by atoms with Crippen LogP contribution in [-0.2, 0) is 14.3 Å². The molecule has 1 unspecified atom stereocenters. The van der Waals surface area contributed by atoms with Crippen molar-refractivity contribution in [1.29, 1.82) is 0 Å². The summed E-state index contributed by atoms with van der Waals surface area (Å²) in [5, 5.41) is 2.31. The van der Waals surface area contributed by atoms with E-state index in [1.165, 1.54) is 0 Å². The highest BCUT2D eigenvalue weighted by Gasteiger charge is 2.27. The summed E-state index contributed by atoms with van der Waals surface area (Å²) < 4.78 is 5.20. The van der Waals surface area contributed by atoms with Crippen molar-refractivity contribution < 1.29 is 18.8 Å². The van der Waals surface area contributed by atoms with Gasteiger partial charge in [-0.1, -0.05) is 0 Å². The van der Waals surface area contributed by atoms with Crippen molar-refractivity contribution >= 4 is 29.1 Å². The first kappa shape index (κ1) is 16.9. The predicted molar refractivity (Wildman–Crippen MR) is 72.6 cm³/mol. The minimum Gasteiger partial charge on any atom is -0.460 e. The van der Waals surface area contributed by atoms with E-state index < -0.39 is 11.8 Å². The second-order valence-electron chi connectivity index (χ2n) is 4.29. The van der Waals surface area contributed by atoms with Gasteiger partial charge in [0.25, 0.3) is 5.78 Å². The second kappa shape index (κ2) is 8.91. The first-order chi connectivity index (χ1) is 8.49. The van der Waals surface area contributed by atoms with E-state index in [1.807, 2.05) is 14.0 Å². The number of quaternary nitrogens is 1. The van der Waals surface area contributed by atoms with Gasteiger partial charge in [0.2, 0.25) is 0 Å². The zero-order valence-electron chi connectivity index (χ0n) is 11.3. The Balaban J connectivity index is 4.32. The van der Waals surface area contributed by atoms with Gasteiger partial charge in [-0.3, -0.25) is 4.79 Å². The lowest BCUT2D eigenvalue weighted by molar-refractivity contribution is -0.899. The summed E-state index contributed by atoms with van der Waals surface area (Å²) in [5.41, 5.74) is 0. The number of hydrogen-bond acceptors (Lipinski definition) is 5. The van der Waals surface area contributed by atoms with Crippen LogP contribution >= 0.6 is 12.2 Å². The normalized spacial score (nSPS) is 13.3. The lowest BCUT2D eigenvalue weighted by Crippen LogP contribution is -2.50. The van der Waals surface area contributed by atoms with Crippen molar-refractivity contribution in [3.05, 3.63) is 0 Å². The number of esters is 1. The van der Waals surface area contributed by atoms with Crippen molar-refractivity contribution in [3.63, 3.8) is 0 Å². The summed E-state index contributed by atoms with van der Waals surface area (Å²) in [6, 6.07) is 0. The number of thiocarbonyl (C=S) groups is 1. The Morgan fingerprint density at radius 3 is 2.56 bits per heavy atom. The molecule has 0 aliphatic carbocycles. The van der Waals surface area contributed by atoms with E-state index in [0.717, 1.165) is 19.5 Å². The highest BCUT2D eigenvalue weighted by molar-refractivity contribution is 7.78. The molecule has 102 valence electrons. The number of hydrogen-bond donors (Lipinski definition) is 0. The van der Waals surface area contributed by atoms with Gasteiger partial charge in [0, 0.05) is 6.42 Å². The number of carbonyl (C=O) groups is 2. The first-order valence-electron chi connectivity index (χ1n) is 6.06. The molecule has 0 aromatic carbocycles. The molecular formula is C12H21N2O3S+. The highest BCUT2D eigenvalue weighted by atomic mass is 32.1.